The molecule has 2 aliphatic heterocycles. The summed E-state index contributed by atoms with van der Waals surface area (Å²) in [6, 6.07) is 8.11. The summed E-state index contributed by atoms with van der Waals surface area (Å²) in [4.78, 5) is 17.6. The number of piperazine rings is 1. The number of carbonyl (C=O) groups is 1. The van der Waals surface area contributed by atoms with Gasteiger partial charge in [-0.3, -0.25) is 9.69 Å². The van der Waals surface area contributed by atoms with Crippen LogP contribution in [-0.2, 0) is 0 Å². The van der Waals surface area contributed by atoms with E-state index in [4.69, 9.17) is 18.0 Å². The molecule has 5 heteroatoms. The van der Waals surface area contributed by atoms with Crippen molar-refractivity contribution in [2.45, 2.75) is 31.8 Å². The van der Waals surface area contributed by atoms with Gasteiger partial charge in [-0.1, -0.05) is 24.4 Å². The lowest BCUT2D eigenvalue weighted by Gasteiger charge is -2.42. The minimum Gasteiger partial charge on any atom is -0.389 e. The van der Waals surface area contributed by atoms with Gasteiger partial charge in [-0.15, -0.1) is 0 Å². The predicted molar refractivity (Wildman–Crippen MR) is 87.4 cm³/mol. The first-order valence-corrected chi connectivity index (χ1v) is 7.92. The van der Waals surface area contributed by atoms with Crippen LogP contribution in [0.15, 0.2) is 24.3 Å². The molecule has 1 amide bonds. The minimum atomic E-state index is 0.114. The van der Waals surface area contributed by atoms with E-state index >= 15 is 0 Å². The quantitative estimate of drug-likeness (QED) is 0.844. The Bertz CT molecular complexity index is 557. The van der Waals surface area contributed by atoms with Crippen LogP contribution in [0.3, 0.4) is 0 Å². The van der Waals surface area contributed by atoms with Crippen LogP contribution < -0.4 is 5.73 Å². The number of nitrogens with zero attached hydrogens (tertiary/aromatic N) is 2. The Morgan fingerprint density at radius 3 is 2.57 bits per heavy atom. The first-order valence-electron chi connectivity index (χ1n) is 7.51. The molecule has 0 aromatic heterocycles. The van der Waals surface area contributed by atoms with Gasteiger partial charge >= 0.3 is 0 Å². The molecule has 0 aliphatic carbocycles. The summed E-state index contributed by atoms with van der Waals surface area (Å²) in [5.41, 5.74) is 7.11. The second-order valence-corrected chi connectivity index (χ2v) is 6.48. The molecule has 2 unspecified atom stereocenters. The fourth-order valence-electron chi connectivity index (χ4n) is 3.41. The number of hydrogen-bond acceptors (Lipinski definition) is 3. The van der Waals surface area contributed by atoms with Crippen LogP contribution in [0.5, 0.6) is 0 Å². The van der Waals surface area contributed by atoms with E-state index in [-0.39, 0.29) is 11.9 Å². The van der Waals surface area contributed by atoms with Gasteiger partial charge in [-0.2, -0.15) is 0 Å². The lowest BCUT2D eigenvalue weighted by Crippen LogP contribution is -2.56. The number of hydrogen-bond donors (Lipinski definition) is 1. The monoisotopic (exact) mass is 303 g/mol. The summed E-state index contributed by atoms with van der Waals surface area (Å²) in [7, 11) is 0. The molecule has 4 nitrogen and oxygen atoms in total. The Morgan fingerprint density at radius 1 is 1.24 bits per heavy atom. The van der Waals surface area contributed by atoms with E-state index in [1.807, 2.05) is 29.2 Å². The van der Waals surface area contributed by atoms with Gasteiger partial charge in [0, 0.05) is 36.3 Å². The van der Waals surface area contributed by atoms with Crippen molar-refractivity contribution >= 4 is 23.1 Å². The third-order valence-electron chi connectivity index (χ3n) is 4.61. The van der Waals surface area contributed by atoms with Crippen molar-refractivity contribution in [2.24, 2.45) is 5.73 Å². The third kappa shape index (κ3) is 2.80. The molecule has 0 radical (unpaired) electrons. The molecule has 2 aliphatic rings. The zero-order valence-electron chi connectivity index (χ0n) is 12.3. The van der Waals surface area contributed by atoms with Gasteiger partial charge in [0.2, 0.25) is 0 Å². The molecule has 1 aromatic rings. The molecule has 2 N–H and O–H groups in total. The van der Waals surface area contributed by atoms with Crippen LogP contribution in [0.1, 0.15) is 35.7 Å². The molecule has 112 valence electrons. The summed E-state index contributed by atoms with van der Waals surface area (Å²) < 4.78 is 0. The van der Waals surface area contributed by atoms with E-state index < -0.39 is 0 Å². The second-order valence-electron chi connectivity index (χ2n) is 6.04. The van der Waals surface area contributed by atoms with Crippen LogP contribution in [0.4, 0.5) is 0 Å². The lowest BCUT2D eigenvalue weighted by atomic mass is 10.1. The maximum atomic E-state index is 12.7. The van der Waals surface area contributed by atoms with Gasteiger partial charge in [0.15, 0.2) is 0 Å². The number of carbonyl (C=O) groups excluding carboxylic acids is 1. The summed E-state index contributed by atoms with van der Waals surface area (Å²) in [5, 5.41) is 0. The summed E-state index contributed by atoms with van der Waals surface area (Å²) in [5.74, 6) is 0.114. The van der Waals surface area contributed by atoms with Crippen molar-refractivity contribution in [3.05, 3.63) is 35.4 Å². The van der Waals surface area contributed by atoms with Gasteiger partial charge in [-0.05, 0) is 38.4 Å². The molecule has 2 atom stereocenters. The van der Waals surface area contributed by atoms with E-state index in [9.17, 15) is 4.79 Å². The highest BCUT2D eigenvalue weighted by atomic mass is 32.1. The molecule has 3 rings (SSSR count). The van der Waals surface area contributed by atoms with Crippen molar-refractivity contribution in [3.8, 4) is 0 Å². The Morgan fingerprint density at radius 2 is 1.90 bits per heavy atom. The van der Waals surface area contributed by atoms with Crippen LogP contribution in [0.2, 0.25) is 0 Å². The van der Waals surface area contributed by atoms with Crippen molar-refractivity contribution in [1.82, 2.24) is 9.80 Å². The minimum absolute atomic E-state index is 0.114. The number of nitrogens with two attached hydrogens (primary N) is 1. The summed E-state index contributed by atoms with van der Waals surface area (Å²) in [6.07, 6.45) is 2.46. The molecule has 0 spiro atoms. The SMILES string of the molecule is CC1CN2CCCC2CN1C(=O)c1ccc(C(N)=S)cc1. The fraction of sp³-hybridized carbons (Fsp3) is 0.500. The fourth-order valence-corrected chi connectivity index (χ4v) is 3.55. The average molecular weight is 303 g/mol. The molecule has 2 heterocycles. The molecule has 1 aromatic carbocycles. The van der Waals surface area contributed by atoms with E-state index in [0.717, 1.165) is 18.7 Å². The topological polar surface area (TPSA) is 49.6 Å². The van der Waals surface area contributed by atoms with Crippen molar-refractivity contribution in [3.63, 3.8) is 0 Å². The highest BCUT2D eigenvalue weighted by molar-refractivity contribution is 7.80. The van der Waals surface area contributed by atoms with Crippen molar-refractivity contribution in [1.29, 1.82) is 0 Å². The van der Waals surface area contributed by atoms with Gasteiger partial charge in [-0.25, -0.2) is 0 Å². The molecule has 2 saturated heterocycles. The van der Waals surface area contributed by atoms with Gasteiger partial charge in [0.25, 0.3) is 5.91 Å². The van der Waals surface area contributed by atoms with E-state index in [1.54, 1.807) is 0 Å². The summed E-state index contributed by atoms with van der Waals surface area (Å²) >= 11 is 4.94. The zero-order valence-corrected chi connectivity index (χ0v) is 13.1. The Labute approximate surface area is 130 Å². The Balaban J connectivity index is 1.76. The average Bonchev–Trinajstić information content (AvgIpc) is 2.93. The highest BCUT2D eigenvalue weighted by Gasteiger charge is 2.36. The first kappa shape index (κ1) is 14.5. The number of thiocarbonyl (C=S) groups is 1. The second kappa shape index (κ2) is 5.73. The molecule has 2 fully saturated rings. The van der Waals surface area contributed by atoms with Crippen molar-refractivity contribution < 1.29 is 4.79 Å². The number of benzene rings is 1. The Hall–Kier alpha value is -1.46. The molecule has 21 heavy (non-hydrogen) atoms. The van der Waals surface area contributed by atoms with Crippen LogP contribution in [-0.4, -0.2) is 52.4 Å². The third-order valence-corrected chi connectivity index (χ3v) is 4.85. The highest BCUT2D eigenvalue weighted by Crippen LogP contribution is 2.25. The van der Waals surface area contributed by atoms with Gasteiger partial charge < -0.3 is 10.6 Å². The van der Waals surface area contributed by atoms with Gasteiger partial charge in [0.05, 0.1) is 0 Å². The van der Waals surface area contributed by atoms with E-state index in [0.29, 0.717) is 16.6 Å². The maximum absolute atomic E-state index is 12.7. The van der Waals surface area contributed by atoms with Crippen LogP contribution in [0.25, 0.3) is 0 Å². The zero-order chi connectivity index (χ0) is 15.0. The van der Waals surface area contributed by atoms with Crippen molar-refractivity contribution in [2.75, 3.05) is 19.6 Å². The van der Waals surface area contributed by atoms with Crippen LogP contribution in [0, 0.1) is 0 Å². The standard InChI is InChI=1S/C16H21N3OS/c1-11-9-18-8-2-3-14(18)10-19(11)16(20)13-6-4-12(5-7-13)15(17)21/h4-7,11,14H,2-3,8-10H2,1H3,(H2,17,21). The Kier molecular flexibility index (Phi) is 3.95. The predicted octanol–water partition coefficient (Wildman–Crippen LogP) is 1.63. The first-order chi connectivity index (χ1) is 10.1. The number of amides is 1. The maximum Gasteiger partial charge on any atom is 0.254 e. The van der Waals surface area contributed by atoms with E-state index in [1.165, 1.54) is 19.4 Å². The number of rotatable bonds is 2. The number of fused-ring (bicyclic) bond motifs is 1. The molecule has 0 saturated carbocycles. The normalized spacial score (nSPS) is 25.7. The molecular weight excluding hydrogens is 282 g/mol. The molecule has 0 bridgehead atoms. The van der Waals surface area contributed by atoms with E-state index in [2.05, 4.69) is 11.8 Å². The molecular formula is C16H21N3OS. The van der Waals surface area contributed by atoms with Crippen LogP contribution >= 0.6 is 12.2 Å². The summed E-state index contributed by atoms with van der Waals surface area (Å²) in [6.45, 7) is 5.15. The smallest absolute Gasteiger partial charge is 0.254 e. The van der Waals surface area contributed by atoms with Gasteiger partial charge in [0.1, 0.15) is 4.99 Å². The largest absolute Gasteiger partial charge is 0.389 e. The lowest BCUT2D eigenvalue weighted by molar-refractivity contribution is 0.0395.